The van der Waals surface area contributed by atoms with Crippen LogP contribution in [0.3, 0.4) is 0 Å². The molecule has 1 aromatic rings. The third-order valence-corrected chi connectivity index (χ3v) is 5.34. The normalized spacial score (nSPS) is 13.5. The van der Waals surface area contributed by atoms with Crippen molar-refractivity contribution in [2.24, 2.45) is 16.6 Å². The molecular weight excluding hydrogens is 322 g/mol. The van der Waals surface area contributed by atoms with Gasteiger partial charge in [-0.2, -0.15) is 0 Å². The van der Waals surface area contributed by atoms with Gasteiger partial charge in [0.1, 0.15) is 5.75 Å². The molecule has 3 nitrogen and oxygen atoms in total. The van der Waals surface area contributed by atoms with E-state index in [1.165, 1.54) is 0 Å². The lowest BCUT2D eigenvalue weighted by Crippen LogP contribution is -2.31. The summed E-state index contributed by atoms with van der Waals surface area (Å²) in [6.07, 6.45) is 4.66. The van der Waals surface area contributed by atoms with Crippen molar-refractivity contribution >= 4 is 11.5 Å². The van der Waals surface area contributed by atoms with E-state index in [0.29, 0.717) is 0 Å². The second kappa shape index (κ2) is 8.75. The van der Waals surface area contributed by atoms with Gasteiger partial charge in [-0.25, -0.2) is 0 Å². The van der Waals surface area contributed by atoms with E-state index >= 15 is 0 Å². The third-order valence-electron chi connectivity index (χ3n) is 5.34. The molecule has 146 valence electrons. The smallest absolute Gasteiger partial charge is 0.245 e. The van der Waals surface area contributed by atoms with E-state index < -0.39 is 0 Å². The van der Waals surface area contributed by atoms with Gasteiger partial charge in [0.05, 0.1) is 0 Å². The molecular formula is C23H37NO2. The predicted octanol–water partition coefficient (Wildman–Crippen LogP) is 5.85. The number of carbonyl (C=O) groups excluding carboxylic acids is 1. The van der Waals surface area contributed by atoms with Crippen LogP contribution in [0.4, 0.5) is 0 Å². The second-order valence-corrected chi connectivity index (χ2v) is 8.58. The summed E-state index contributed by atoms with van der Waals surface area (Å²) in [5.41, 5.74) is 9.34. The zero-order chi connectivity index (χ0) is 20.1. The van der Waals surface area contributed by atoms with Gasteiger partial charge in [0.2, 0.25) is 5.91 Å². The average molecular weight is 360 g/mol. The first kappa shape index (κ1) is 22.3. The molecule has 0 bridgehead atoms. The van der Waals surface area contributed by atoms with Gasteiger partial charge in [0.15, 0.2) is 0 Å². The number of aromatic hydroxyl groups is 1. The van der Waals surface area contributed by atoms with E-state index in [1.807, 2.05) is 12.1 Å². The van der Waals surface area contributed by atoms with Gasteiger partial charge in [-0.1, -0.05) is 67.4 Å². The summed E-state index contributed by atoms with van der Waals surface area (Å²) in [6.45, 7) is 15.0. The van der Waals surface area contributed by atoms with Crippen molar-refractivity contribution in [3.05, 3.63) is 34.9 Å². The van der Waals surface area contributed by atoms with Crippen LogP contribution in [0.2, 0.25) is 0 Å². The minimum Gasteiger partial charge on any atom is -0.508 e. The maximum Gasteiger partial charge on any atom is 0.245 e. The SMILES string of the molecule is CCCC(C)(C)C(C(N)=O)=C(c1ccc(O)cc1CC)C(C)(C)CCC. The number of amides is 1. The Labute approximate surface area is 159 Å². The lowest BCUT2D eigenvalue weighted by Gasteiger charge is -2.37. The topological polar surface area (TPSA) is 63.3 Å². The van der Waals surface area contributed by atoms with Crippen molar-refractivity contribution in [3.8, 4) is 5.75 Å². The number of phenols is 1. The molecule has 0 aliphatic heterocycles. The fourth-order valence-corrected chi connectivity index (χ4v) is 4.25. The first-order chi connectivity index (χ1) is 12.0. The summed E-state index contributed by atoms with van der Waals surface area (Å²) in [4.78, 5) is 12.7. The van der Waals surface area contributed by atoms with Crippen LogP contribution in [0.15, 0.2) is 23.8 Å². The predicted molar refractivity (Wildman–Crippen MR) is 111 cm³/mol. The molecule has 0 spiro atoms. The van der Waals surface area contributed by atoms with E-state index in [1.54, 1.807) is 6.07 Å². The number of phenolic OH excluding ortho intramolecular Hbond substituents is 1. The Morgan fingerprint density at radius 2 is 1.54 bits per heavy atom. The van der Waals surface area contributed by atoms with E-state index in [9.17, 15) is 9.90 Å². The summed E-state index contributed by atoms with van der Waals surface area (Å²) in [7, 11) is 0. The summed E-state index contributed by atoms with van der Waals surface area (Å²) in [5.74, 6) is -0.0792. The molecule has 0 heterocycles. The van der Waals surface area contributed by atoms with Gasteiger partial charge in [-0.15, -0.1) is 0 Å². The molecule has 0 unspecified atom stereocenters. The maximum atomic E-state index is 12.7. The minimum atomic E-state index is -0.335. The Morgan fingerprint density at radius 1 is 1.00 bits per heavy atom. The van der Waals surface area contributed by atoms with Crippen molar-refractivity contribution in [1.29, 1.82) is 0 Å². The number of benzene rings is 1. The Bertz CT molecular complexity index is 669. The highest BCUT2D eigenvalue weighted by atomic mass is 16.3. The van der Waals surface area contributed by atoms with E-state index in [0.717, 1.165) is 54.4 Å². The largest absolute Gasteiger partial charge is 0.508 e. The van der Waals surface area contributed by atoms with Gasteiger partial charge in [-0.05, 0) is 58.9 Å². The first-order valence-electron chi connectivity index (χ1n) is 9.89. The maximum absolute atomic E-state index is 12.7. The van der Waals surface area contributed by atoms with Crippen molar-refractivity contribution in [3.63, 3.8) is 0 Å². The second-order valence-electron chi connectivity index (χ2n) is 8.58. The molecule has 1 rings (SSSR count). The Hall–Kier alpha value is -1.77. The molecule has 0 aromatic heterocycles. The van der Waals surface area contributed by atoms with Crippen LogP contribution in [-0.4, -0.2) is 11.0 Å². The Kier molecular flexibility index (Phi) is 7.49. The highest BCUT2D eigenvalue weighted by Crippen LogP contribution is 2.47. The third kappa shape index (κ3) is 4.90. The van der Waals surface area contributed by atoms with Crippen LogP contribution < -0.4 is 5.73 Å². The molecule has 0 aliphatic rings. The molecule has 0 saturated carbocycles. The standard InChI is InChI=1S/C23H37NO2/c1-8-13-22(4,5)19(18-12-11-17(25)15-16(18)10-3)20(21(24)26)23(6,7)14-9-2/h11-12,15,25H,8-10,13-14H2,1-7H3,(H2,24,26). The van der Waals surface area contributed by atoms with Crippen LogP contribution >= 0.6 is 0 Å². The number of allylic oxidation sites excluding steroid dienone is 1. The molecule has 0 saturated heterocycles. The van der Waals surface area contributed by atoms with Gasteiger partial charge in [0.25, 0.3) is 0 Å². The van der Waals surface area contributed by atoms with E-state index in [2.05, 4.69) is 48.5 Å². The average Bonchev–Trinajstić information content (AvgIpc) is 2.51. The van der Waals surface area contributed by atoms with Crippen LogP contribution in [0.5, 0.6) is 5.75 Å². The number of hydrogen-bond donors (Lipinski definition) is 2. The fourth-order valence-electron chi connectivity index (χ4n) is 4.25. The zero-order valence-electron chi connectivity index (χ0n) is 17.7. The van der Waals surface area contributed by atoms with Crippen LogP contribution in [-0.2, 0) is 11.2 Å². The molecule has 0 aliphatic carbocycles. The van der Waals surface area contributed by atoms with Crippen molar-refractivity contribution in [2.75, 3.05) is 0 Å². The van der Waals surface area contributed by atoms with Crippen molar-refractivity contribution in [2.45, 2.75) is 80.6 Å². The highest BCUT2D eigenvalue weighted by molar-refractivity contribution is 6.02. The molecule has 1 amide bonds. The van der Waals surface area contributed by atoms with E-state index in [4.69, 9.17) is 5.73 Å². The molecule has 0 fully saturated rings. The summed E-state index contributed by atoms with van der Waals surface area (Å²) < 4.78 is 0. The van der Waals surface area contributed by atoms with Crippen LogP contribution in [0, 0.1) is 10.8 Å². The molecule has 0 atom stereocenters. The quantitative estimate of drug-likeness (QED) is 0.543. The molecule has 1 aromatic carbocycles. The summed E-state index contributed by atoms with van der Waals surface area (Å²) >= 11 is 0. The molecule has 3 N–H and O–H groups in total. The molecule has 3 heteroatoms. The van der Waals surface area contributed by atoms with Crippen molar-refractivity contribution < 1.29 is 9.90 Å². The van der Waals surface area contributed by atoms with Gasteiger partial charge in [-0.3, -0.25) is 4.79 Å². The number of nitrogens with two attached hydrogens (primary N) is 1. The fraction of sp³-hybridized carbons (Fsp3) is 0.609. The van der Waals surface area contributed by atoms with E-state index in [-0.39, 0.29) is 22.5 Å². The number of aryl methyl sites for hydroxylation is 1. The summed E-state index contributed by atoms with van der Waals surface area (Å²) in [6, 6.07) is 5.47. The Morgan fingerprint density at radius 3 is 2.00 bits per heavy atom. The minimum absolute atomic E-state index is 0.189. The number of primary amides is 1. The summed E-state index contributed by atoms with van der Waals surface area (Å²) in [5, 5.41) is 9.94. The van der Waals surface area contributed by atoms with Crippen LogP contribution in [0.25, 0.3) is 5.57 Å². The number of carbonyl (C=O) groups is 1. The number of rotatable bonds is 9. The zero-order valence-corrected chi connectivity index (χ0v) is 17.7. The molecule has 26 heavy (non-hydrogen) atoms. The lowest BCUT2D eigenvalue weighted by molar-refractivity contribution is -0.115. The highest BCUT2D eigenvalue weighted by Gasteiger charge is 2.36. The van der Waals surface area contributed by atoms with Gasteiger partial charge in [0, 0.05) is 5.57 Å². The van der Waals surface area contributed by atoms with Crippen molar-refractivity contribution in [1.82, 2.24) is 0 Å². The Balaban J connectivity index is 3.94. The molecule has 0 radical (unpaired) electrons. The lowest BCUT2D eigenvalue weighted by atomic mass is 9.67. The van der Waals surface area contributed by atoms with Gasteiger partial charge >= 0.3 is 0 Å². The first-order valence-corrected chi connectivity index (χ1v) is 9.89. The monoisotopic (exact) mass is 359 g/mol. The van der Waals surface area contributed by atoms with Gasteiger partial charge < -0.3 is 10.8 Å². The number of hydrogen-bond acceptors (Lipinski definition) is 2. The van der Waals surface area contributed by atoms with Crippen LogP contribution in [0.1, 0.15) is 85.3 Å².